The fraction of sp³-hybridized carbons (Fsp3) is 0.133. The van der Waals surface area contributed by atoms with Gasteiger partial charge in [0.25, 0.3) is 0 Å². The van der Waals surface area contributed by atoms with Crippen molar-refractivity contribution in [2.75, 3.05) is 5.32 Å². The Morgan fingerprint density at radius 3 is 2.50 bits per heavy atom. The van der Waals surface area contributed by atoms with Gasteiger partial charge in [-0.2, -0.15) is 5.26 Å². The Labute approximate surface area is 115 Å². The molecule has 3 heteroatoms. The summed E-state index contributed by atoms with van der Waals surface area (Å²) in [4.78, 5) is 0. The van der Waals surface area contributed by atoms with Crippen LogP contribution in [-0.2, 0) is 0 Å². The molecule has 0 saturated carbocycles. The standard InChI is InChI=1S/C15H13BrN2/c1-10-3-4-12(9-17)15(7-10)18-14-6-5-13(16)8-11(14)2/h3-8,18H,1-2H3. The van der Waals surface area contributed by atoms with Gasteiger partial charge in [-0.05, 0) is 55.3 Å². The Bertz CT molecular complexity index is 627. The average Bonchev–Trinajstić information content (AvgIpc) is 2.33. The number of anilines is 2. The molecule has 2 aromatic rings. The number of nitrogens with one attached hydrogen (secondary N) is 1. The Morgan fingerprint density at radius 1 is 1.06 bits per heavy atom. The molecule has 2 aromatic carbocycles. The lowest BCUT2D eigenvalue weighted by molar-refractivity contribution is 1.38. The molecule has 0 aromatic heterocycles. The van der Waals surface area contributed by atoms with E-state index in [2.05, 4.69) is 27.3 Å². The van der Waals surface area contributed by atoms with E-state index in [1.165, 1.54) is 0 Å². The highest BCUT2D eigenvalue weighted by atomic mass is 79.9. The zero-order chi connectivity index (χ0) is 13.1. The van der Waals surface area contributed by atoms with Crippen molar-refractivity contribution in [3.63, 3.8) is 0 Å². The Kier molecular flexibility index (Phi) is 3.69. The summed E-state index contributed by atoms with van der Waals surface area (Å²) < 4.78 is 1.05. The monoisotopic (exact) mass is 300 g/mol. The first kappa shape index (κ1) is 12.7. The minimum Gasteiger partial charge on any atom is -0.354 e. The number of hydrogen-bond donors (Lipinski definition) is 1. The summed E-state index contributed by atoms with van der Waals surface area (Å²) in [6.45, 7) is 4.05. The zero-order valence-electron chi connectivity index (χ0n) is 10.3. The second-order valence-corrected chi connectivity index (χ2v) is 5.16. The molecule has 2 rings (SSSR count). The molecule has 0 amide bonds. The van der Waals surface area contributed by atoms with E-state index in [-0.39, 0.29) is 0 Å². The van der Waals surface area contributed by atoms with Crippen LogP contribution in [0.4, 0.5) is 11.4 Å². The summed E-state index contributed by atoms with van der Waals surface area (Å²) in [5.41, 5.74) is 4.78. The predicted octanol–water partition coefficient (Wildman–Crippen LogP) is 4.68. The molecule has 18 heavy (non-hydrogen) atoms. The second kappa shape index (κ2) is 5.24. The lowest BCUT2D eigenvalue weighted by atomic mass is 10.1. The summed E-state index contributed by atoms with van der Waals surface area (Å²) in [5, 5.41) is 12.4. The number of hydrogen-bond acceptors (Lipinski definition) is 2. The average molecular weight is 301 g/mol. The van der Waals surface area contributed by atoms with Crippen LogP contribution in [0.2, 0.25) is 0 Å². The minimum atomic E-state index is 0.655. The second-order valence-electron chi connectivity index (χ2n) is 4.25. The first-order valence-electron chi connectivity index (χ1n) is 5.64. The molecular weight excluding hydrogens is 288 g/mol. The molecule has 0 saturated heterocycles. The van der Waals surface area contributed by atoms with Crippen molar-refractivity contribution < 1.29 is 0 Å². The predicted molar refractivity (Wildman–Crippen MR) is 78.1 cm³/mol. The molecule has 0 fully saturated rings. The third-order valence-corrected chi connectivity index (χ3v) is 3.25. The molecule has 0 aliphatic carbocycles. The van der Waals surface area contributed by atoms with Crippen molar-refractivity contribution in [3.8, 4) is 6.07 Å². The van der Waals surface area contributed by atoms with Crippen molar-refractivity contribution in [1.82, 2.24) is 0 Å². The summed E-state index contributed by atoms with van der Waals surface area (Å²) in [6.07, 6.45) is 0. The first-order valence-corrected chi connectivity index (χ1v) is 6.43. The molecule has 0 radical (unpaired) electrons. The number of rotatable bonds is 2. The van der Waals surface area contributed by atoms with Crippen molar-refractivity contribution in [1.29, 1.82) is 5.26 Å². The van der Waals surface area contributed by atoms with Crippen LogP contribution in [0.1, 0.15) is 16.7 Å². The molecule has 0 spiro atoms. The number of nitriles is 1. The largest absolute Gasteiger partial charge is 0.354 e. The number of halogens is 1. The Morgan fingerprint density at radius 2 is 1.83 bits per heavy atom. The molecule has 0 unspecified atom stereocenters. The molecule has 0 bridgehead atoms. The highest BCUT2D eigenvalue weighted by Crippen LogP contribution is 2.26. The molecule has 1 N–H and O–H groups in total. The van der Waals surface area contributed by atoms with Gasteiger partial charge >= 0.3 is 0 Å². The maximum Gasteiger partial charge on any atom is 0.101 e. The van der Waals surface area contributed by atoms with Crippen molar-refractivity contribution in [2.24, 2.45) is 0 Å². The van der Waals surface area contributed by atoms with Crippen molar-refractivity contribution in [3.05, 3.63) is 57.6 Å². The molecule has 0 atom stereocenters. The van der Waals surface area contributed by atoms with Crippen LogP contribution in [0.15, 0.2) is 40.9 Å². The quantitative estimate of drug-likeness (QED) is 0.874. The lowest BCUT2D eigenvalue weighted by Gasteiger charge is -2.12. The molecule has 2 nitrogen and oxygen atoms in total. The SMILES string of the molecule is Cc1ccc(C#N)c(Nc2ccc(Br)cc2C)c1. The van der Waals surface area contributed by atoms with E-state index < -0.39 is 0 Å². The van der Waals surface area contributed by atoms with Crippen LogP contribution in [0.3, 0.4) is 0 Å². The number of nitrogens with zero attached hydrogens (tertiary/aromatic N) is 1. The van der Waals surface area contributed by atoms with Gasteiger partial charge in [-0.25, -0.2) is 0 Å². The molecule has 0 aliphatic rings. The van der Waals surface area contributed by atoms with Gasteiger partial charge < -0.3 is 5.32 Å². The number of aryl methyl sites for hydroxylation is 2. The van der Waals surface area contributed by atoms with Crippen LogP contribution in [0.5, 0.6) is 0 Å². The highest BCUT2D eigenvalue weighted by Gasteiger charge is 2.04. The molecular formula is C15H13BrN2. The number of benzene rings is 2. The van der Waals surface area contributed by atoms with E-state index in [9.17, 15) is 0 Å². The van der Waals surface area contributed by atoms with Crippen molar-refractivity contribution in [2.45, 2.75) is 13.8 Å². The van der Waals surface area contributed by atoms with E-state index in [0.29, 0.717) is 5.56 Å². The summed E-state index contributed by atoms with van der Waals surface area (Å²) >= 11 is 3.44. The fourth-order valence-electron chi connectivity index (χ4n) is 1.77. The van der Waals surface area contributed by atoms with E-state index in [0.717, 1.165) is 27.0 Å². The first-order chi connectivity index (χ1) is 8.60. The fourth-order valence-corrected chi connectivity index (χ4v) is 2.25. The maximum atomic E-state index is 9.10. The van der Waals surface area contributed by atoms with Crippen LogP contribution < -0.4 is 5.32 Å². The van der Waals surface area contributed by atoms with Crippen molar-refractivity contribution >= 4 is 27.3 Å². The van der Waals surface area contributed by atoms with Gasteiger partial charge in [0.05, 0.1) is 11.3 Å². The lowest BCUT2D eigenvalue weighted by Crippen LogP contribution is -1.96. The van der Waals surface area contributed by atoms with E-state index in [4.69, 9.17) is 5.26 Å². The van der Waals surface area contributed by atoms with E-state index in [1.807, 2.05) is 50.2 Å². The maximum absolute atomic E-state index is 9.10. The van der Waals surface area contributed by atoms with Gasteiger partial charge in [0.15, 0.2) is 0 Å². The van der Waals surface area contributed by atoms with Gasteiger partial charge in [-0.3, -0.25) is 0 Å². The summed E-state index contributed by atoms with van der Waals surface area (Å²) in [6, 6.07) is 14.0. The third-order valence-electron chi connectivity index (χ3n) is 2.75. The highest BCUT2D eigenvalue weighted by molar-refractivity contribution is 9.10. The van der Waals surface area contributed by atoms with Gasteiger partial charge in [-0.15, -0.1) is 0 Å². The normalized spacial score (nSPS) is 9.89. The van der Waals surface area contributed by atoms with E-state index >= 15 is 0 Å². The zero-order valence-corrected chi connectivity index (χ0v) is 11.9. The smallest absolute Gasteiger partial charge is 0.101 e. The Balaban J connectivity index is 2.40. The van der Waals surface area contributed by atoms with Gasteiger partial charge in [0.1, 0.15) is 6.07 Å². The molecule has 90 valence electrons. The third kappa shape index (κ3) is 2.72. The summed E-state index contributed by atoms with van der Waals surface area (Å²) in [5.74, 6) is 0. The molecule has 0 heterocycles. The van der Waals surface area contributed by atoms with Crippen LogP contribution in [-0.4, -0.2) is 0 Å². The van der Waals surface area contributed by atoms with Crippen LogP contribution in [0.25, 0.3) is 0 Å². The summed E-state index contributed by atoms with van der Waals surface area (Å²) in [7, 11) is 0. The van der Waals surface area contributed by atoms with Crippen LogP contribution >= 0.6 is 15.9 Å². The van der Waals surface area contributed by atoms with Gasteiger partial charge in [0.2, 0.25) is 0 Å². The minimum absolute atomic E-state index is 0.655. The van der Waals surface area contributed by atoms with Crippen LogP contribution in [0, 0.1) is 25.2 Å². The Hall–Kier alpha value is -1.79. The van der Waals surface area contributed by atoms with Gasteiger partial charge in [0, 0.05) is 10.2 Å². The van der Waals surface area contributed by atoms with E-state index in [1.54, 1.807) is 0 Å². The van der Waals surface area contributed by atoms with Gasteiger partial charge in [-0.1, -0.05) is 22.0 Å². The molecule has 0 aliphatic heterocycles. The topological polar surface area (TPSA) is 35.8 Å².